The molecule has 24 heavy (non-hydrogen) atoms. The Labute approximate surface area is 151 Å². The molecule has 0 spiro atoms. The van der Waals surface area contributed by atoms with Gasteiger partial charge in [0.15, 0.2) is 6.61 Å². The number of halogens is 2. The van der Waals surface area contributed by atoms with E-state index in [9.17, 15) is 9.59 Å². The van der Waals surface area contributed by atoms with E-state index in [0.717, 1.165) is 21.6 Å². The number of anilines is 1. The molecule has 0 bridgehead atoms. The van der Waals surface area contributed by atoms with Crippen LogP contribution >= 0.6 is 34.5 Å². The van der Waals surface area contributed by atoms with Gasteiger partial charge >= 0.3 is 4.87 Å². The number of nitrogens with one attached hydrogen (secondary N) is 1. The minimum atomic E-state index is -0.330. The van der Waals surface area contributed by atoms with Gasteiger partial charge in [-0.3, -0.25) is 9.59 Å². The van der Waals surface area contributed by atoms with Gasteiger partial charge in [-0.1, -0.05) is 34.5 Å². The number of aryl methyl sites for hydroxylation is 1. The second-order valence-electron chi connectivity index (χ2n) is 5.02. The summed E-state index contributed by atoms with van der Waals surface area (Å²) in [5.41, 5.74) is 1.42. The van der Waals surface area contributed by atoms with Gasteiger partial charge in [0.2, 0.25) is 0 Å². The maximum atomic E-state index is 12.0. The van der Waals surface area contributed by atoms with E-state index in [1.807, 2.05) is 0 Å². The van der Waals surface area contributed by atoms with Crippen LogP contribution < -0.4 is 14.9 Å². The number of fused-ring (bicyclic) bond motifs is 1. The molecule has 1 amide bonds. The van der Waals surface area contributed by atoms with Gasteiger partial charge in [-0.2, -0.15) is 0 Å². The average Bonchev–Trinajstić information content (AvgIpc) is 2.81. The number of benzene rings is 2. The third kappa shape index (κ3) is 3.56. The van der Waals surface area contributed by atoms with Gasteiger partial charge in [0.25, 0.3) is 5.91 Å². The molecule has 0 atom stereocenters. The molecule has 5 nitrogen and oxygen atoms in total. The van der Waals surface area contributed by atoms with Crippen LogP contribution in [0.2, 0.25) is 10.0 Å². The standard InChI is InChI=1S/C16H12Cl2N2O3S/c1-20-12-4-3-10(7-14(12)24-16(20)22)19-15(21)8-23-13-5-2-9(17)6-11(13)18/h2-7H,8H2,1H3,(H,19,21). The van der Waals surface area contributed by atoms with E-state index in [4.69, 9.17) is 27.9 Å². The fourth-order valence-electron chi connectivity index (χ4n) is 2.14. The lowest BCUT2D eigenvalue weighted by Gasteiger charge is -2.09. The summed E-state index contributed by atoms with van der Waals surface area (Å²) >= 11 is 12.9. The molecule has 3 rings (SSSR count). The van der Waals surface area contributed by atoms with Crippen LogP contribution in [0.3, 0.4) is 0 Å². The number of hydrogen-bond acceptors (Lipinski definition) is 4. The van der Waals surface area contributed by atoms with E-state index in [2.05, 4.69) is 5.32 Å². The number of carbonyl (C=O) groups excluding carboxylic acids is 1. The third-order valence-electron chi connectivity index (χ3n) is 3.33. The van der Waals surface area contributed by atoms with E-state index < -0.39 is 0 Å². The number of amides is 1. The number of nitrogens with zero attached hydrogens (tertiary/aromatic N) is 1. The number of hydrogen-bond donors (Lipinski definition) is 1. The lowest BCUT2D eigenvalue weighted by Crippen LogP contribution is -2.20. The maximum absolute atomic E-state index is 12.0. The highest BCUT2D eigenvalue weighted by molar-refractivity contribution is 7.16. The summed E-state index contributed by atoms with van der Waals surface area (Å²) in [6, 6.07) is 10.1. The Balaban J connectivity index is 1.67. The predicted octanol–water partition coefficient (Wildman–Crippen LogP) is 3.92. The third-order valence-corrected chi connectivity index (χ3v) is 4.85. The molecule has 0 fully saturated rings. The van der Waals surface area contributed by atoms with Crippen LogP contribution in [0.5, 0.6) is 5.75 Å². The van der Waals surface area contributed by atoms with Crippen LogP contribution in [-0.4, -0.2) is 17.1 Å². The summed E-state index contributed by atoms with van der Waals surface area (Å²) in [5.74, 6) is 0.0524. The molecule has 1 heterocycles. The van der Waals surface area contributed by atoms with Crippen LogP contribution in [0.4, 0.5) is 5.69 Å². The molecule has 124 valence electrons. The van der Waals surface area contributed by atoms with Gasteiger partial charge in [-0.25, -0.2) is 0 Å². The minimum absolute atomic E-state index is 0.0470. The highest BCUT2D eigenvalue weighted by Gasteiger charge is 2.09. The van der Waals surface area contributed by atoms with Gasteiger partial charge in [0.1, 0.15) is 5.75 Å². The molecular weight excluding hydrogens is 371 g/mol. The predicted molar refractivity (Wildman–Crippen MR) is 97.7 cm³/mol. The molecule has 8 heteroatoms. The first-order valence-electron chi connectivity index (χ1n) is 6.91. The van der Waals surface area contributed by atoms with Gasteiger partial charge in [-0.05, 0) is 36.4 Å². The second kappa shape index (κ2) is 6.84. The maximum Gasteiger partial charge on any atom is 0.307 e. The first-order chi connectivity index (χ1) is 11.4. The summed E-state index contributed by atoms with van der Waals surface area (Å²) in [5, 5.41) is 3.56. The van der Waals surface area contributed by atoms with Crippen LogP contribution in [0.15, 0.2) is 41.2 Å². The Kier molecular flexibility index (Phi) is 4.80. The zero-order valence-corrected chi connectivity index (χ0v) is 14.8. The average molecular weight is 383 g/mol. The van der Waals surface area contributed by atoms with Crippen molar-refractivity contribution in [2.45, 2.75) is 0 Å². The molecule has 1 aromatic heterocycles. The Morgan fingerprint density at radius 1 is 1.25 bits per heavy atom. The molecule has 0 saturated carbocycles. The molecule has 0 aliphatic rings. The quantitative estimate of drug-likeness (QED) is 0.743. The van der Waals surface area contributed by atoms with Crippen LogP contribution in [0.25, 0.3) is 10.2 Å². The van der Waals surface area contributed by atoms with Crippen molar-refractivity contribution in [2.24, 2.45) is 7.05 Å². The van der Waals surface area contributed by atoms with Crippen molar-refractivity contribution in [3.05, 3.63) is 56.1 Å². The van der Waals surface area contributed by atoms with Gasteiger partial charge in [0.05, 0.1) is 15.2 Å². The van der Waals surface area contributed by atoms with Crippen LogP contribution in [-0.2, 0) is 11.8 Å². The van der Waals surface area contributed by atoms with Gasteiger partial charge in [0, 0.05) is 17.8 Å². The Hall–Kier alpha value is -2.02. The van der Waals surface area contributed by atoms with E-state index >= 15 is 0 Å². The zero-order valence-electron chi connectivity index (χ0n) is 12.5. The Bertz CT molecular complexity index is 981. The lowest BCUT2D eigenvalue weighted by molar-refractivity contribution is -0.118. The topological polar surface area (TPSA) is 60.3 Å². The van der Waals surface area contributed by atoms with Crippen LogP contribution in [0, 0.1) is 0 Å². The van der Waals surface area contributed by atoms with Crippen molar-refractivity contribution in [1.29, 1.82) is 0 Å². The van der Waals surface area contributed by atoms with E-state index in [0.29, 0.717) is 21.5 Å². The van der Waals surface area contributed by atoms with Gasteiger partial charge in [-0.15, -0.1) is 0 Å². The zero-order chi connectivity index (χ0) is 17.3. The van der Waals surface area contributed by atoms with E-state index in [1.54, 1.807) is 48.0 Å². The molecule has 0 radical (unpaired) electrons. The largest absolute Gasteiger partial charge is 0.482 e. The monoisotopic (exact) mass is 382 g/mol. The molecule has 3 aromatic rings. The fourth-order valence-corrected chi connectivity index (χ4v) is 3.53. The summed E-state index contributed by atoms with van der Waals surface area (Å²) in [7, 11) is 1.71. The van der Waals surface area contributed by atoms with Crippen molar-refractivity contribution in [3.8, 4) is 5.75 Å². The highest BCUT2D eigenvalue weighted by Crippen LogP contribution is 2.27. The molecule has 1 N–H and O–H groups in total. The summed E-state index contributed by atoms with van der Waals surface area (Å²) in [6.07, 6.45) is 0. The Morgan fingerprint density at radius 3 is 2.79 bits per heavy atom. The Morgan fingerprint density at radius 2 is 2.04 bits per heavy atom. The number of thiazole rings is 1. The number of rotatable bonds is 4. The minimum Gasteiger partial charge on any atom is -0.482 e. The van der Waals surface area contributed by atoms with E-state index in [-0.39, 0.29) is 17.4 Å². The fraction of sp³-hybridized carbons (Fsp3) is 0.125. The van der Waals surface area contributed by atoms with Crippen molar-refractivity contribution < 1.29 is 9.53 Å². The SMILES string of the molecule is Cn1c(=O)sc2cc(NC(=O)COc3ccc(Cl)cc3Cl)ccc21. The van der Waals surface area contributed by atoms with Crippen molar-refractivity contribution in [2.75, 3.05) is 11.9 Å². The van der Waals surface area contributed by atoms with E-state index in [1.165, 1.54) is 0 Å². The molecule has 0 aliphatic heterocycles. The van der Waals surface area contributed by atoms with Gasteiger partial charge < -0.3 is 14.6 Å². The summed E-state index contributed by atoms with van der Waals surface area (Å²) < 4.78 is 7.76. The number of ether oxygens (including phenoxy) is 1. The normalized spacial score (nSPS) is 10.8. The first kappa shape index (κ1) is 16.8. The molecule has 0 saturated heterocycles. The lowest BCUT2D eigenvalue weighted by atomic mass is 10.3. The molecule has 0 aliphatic carbocycles. The molecule has 0 unspecified atom stereocenters. The smallest absolute Gasteiger partial charge is 0.307 e. The number of aromatic nitrogens is 1. The second-order valence-corrected chi connectivity index (χ2v) is 6.86. The molecular formula is C16H12Cl2N2O3S. The highest BCUT2D eigenvalue weighted by atomic mass is 35.5. The number of carbonyl (C=O) groups is 1. The summed E-state index contributed by atoms with van der Waals surface area (Å²) in [4.78, 5) is 23.6. The van der Waals surface area contributed by atoms with Crippen molar-refractivity contribution in [1.82, 2.24) is 4.57 Å². The van der Waals surface area contributed by atoms with Crippen molar-refractivity contribution >= 4 is 56.3 Å². The van der Waals surface area contributed by atoms with Crippen molar-refractivity contribution in [3.63, 3.8) is 0 Å². The first-order valence-corrected chi connectivity index (χ1v) is 8.48. The summed E-state index contributed by atoms with van der Waals surface area (Å²) in [6.45, 7) is -0.190. The van der Waals surface area contributed by atoms with Crippen LogP contribution in [0.1, 0.15) is 0 Å². The molecule has 2 aromatic carbocycles.